The average molecular weight is 264 g/mol. The predicted molar refractivity (Wildman–Crippen MR) is 72.6 cm³/mol. The van der Waals surface area contributed by atoms with Crippen molar-refractivity contribution < 1.29 is 4.79 Å². The molecule has 2 atom stereocenters. The van der Waals surface area contributed by atoms with Crippen molar-refractivity contribution >= 4 is 17.5 Å². The maximum atomic E-state index is 12.2. The highest BCUT2D eigenvalue weighted by Gasteiger charge is 2.33. The highest BCUT2D eigenvalue weighted by Crippen LogP contribution is 2.35. The molecule has 3 heteroatoms. The lowest BCUT2D eigenvalue weighted by molar-refractivity contribution is -0.125. The van der Waals surface area contributed by atoms with Crippen LogP contribution in [0.1, 0.15) is 42.9 Å². The molecule has 1 fully saturated rings. The van der Waals surface area contributed by atoms with Gasteiger partial charge in [-0.1, -0.05) is 37.1 Å². The van der Waals surface area contributed by atoms with E-state index in [9.17, 15) is 4.79 Å². The highest BCUT2D eigenvalue weighted by molar-refractivity contribution is 6.21. The molecule has 0 heterocycles. The Kier molecular flexibility index (Phi) is 3.29. The first kappa shape index (κ1) is 12.0. The van der Waals surface area contributed by atoms with Crippen molar-refractivity contribution in [3.8, 4) is 0 Å². The number of hydrogen-bond acceptors (Lipinski definition) is 1. The summed E-state index contributed by atoms with van der Waals surface area (Å²) in [5, 5.41) is 3.15. The molecule has 1 amide bonds. The standard InChI is InChI=1S/C15H18ClNO/c16-13-9-11-7-3-4-8-12(11)14(13)17-15(18)10-5-1-2-6-10/h3-4,7-8,10,13-14H,1-2,5-6,9H2,(H,17,18). The Morgan fingerprint density at radius 3 is 2.72 bits per heavy atom. The van der Waals surface area contributed by atoms with E-state index in [1.54, 1.807) is 0 Å². The molecular weight excluding hydrogens is 246 g/mol. The number of carbonyl (C=O) groups excluding carboxylic acids is 1. The van der Waals surface area contributed by atoms with Gasteiger partial charge in [0.15, 0.2) is 0 Å². The molecule has 1 aromatic carbocycles. The number of hydrogen-bond donors (Lipinski definition) is 1. The molecule has 2 nitrogen and oxygen atoms in total. The van der Waals surface area contributed by atoms with E-state index < -0.39 is 0 Å². The van der Waals surface area contributed by atoms with Gasteiger partial charge in [0.25, 0.3) is 0 Å². The molecular formula is C15H18ClNO. The summed E-state index contributed by atoms with van der Waals surface area (Å²) < 4.78 is 0. The SMILES string of the molecule is O=C(NC1c2ccccc2CC1Cl)C1CCCC1. The van der Waals surface area contributed by atoms with E-state index in [0.717, 1.165) is 19.3 Å². The molecule has 96 valence electrons. The van der Waals surface area contributed by atoms with Crippen LogP contribution in [0.5, 0.6) is 0 Å². The number of nitrogens with one attached hydrogen (secondary N) is 1. The van der Waals surface area contributed by atoms with E-state index in [2.05, 4.69) is 17.4 Å². The van der Waals surface area contributed by atoms with Crippen molar-refractivity contribution in [1.82, 2.24) is 5.32 Å². The molecule has 0 spiro atoms. The molecule has 18 heavy (non-hydrogen) atoms. The van der Waals surface area contributed by atoms with Crippen molar-refractivity contribution in [2.45, 2.75) is 43.5 Å². The Morgan fingerprint density at radius 2 is 1.94 bits per heavy atom. The van der Waals surface area contributed by atoms with Gasteiger partial charge in [0.2, 0.25) is 5.91 Å². The molecule has 2 aliphatic carbocycles. The predicted octanol–water partition coefficient (Wildman–Crippen LogP) is 3.20. The Morgan fingerprint density at radius 1 is 1.22 bits per heavy atom. The minimum absolute atomic E-state index is 0.00373. The molecule has 2 aliphatic rings. The summed E-state index contributed by atoms with van der Waals surface area (Å²) in [6, 6.07) is 8.23. The van der Waals surface area contributed by atoms with Crippen LogP contribution in [-0.2, 0) is 11.2 Å². The molecule has 2 unspecified atom stereocenters. The Hall–Kier alpha value is -1.02. The van der Waals surface area contributed by atoms with E-state index in [-0.39, 0.29) is 23.2 Å². The summed E-state index contributed by atoms with van der Waals surface area (Å²) >= 11 is 6.38. The smallest absolute Gasteiger partial charge is 0.223 e. The topological polar surface area (TPSA) is 29.1 Å². The fourth-order valence-corrected chi connectivity index (χ4v) is 3.54. The van der Waals surface area contributed by atoms with Gasteiger partial charge in [-0.2, -0.15) is 0 Å². The van der Waals surface area contributed by atoms with E-state index in [0.29, 0.717) is 0 Å². The minimum atomic E-state index is -0.00671. The lowest BCUT2D eigenvalue weighted by Crippen LogP contribution is -2.35. The quantitative estimate of drug-likeness (QED) is 0.816. The zero-order valence-corrected chi connectivity index (χ0v) is 11.1. The molecule has 0 radical (unpaired) electrons. The first-order valence-electron chi connectivity index (χ1n) is 6.78. The normalized spacial score (nSPS) is 27.2. The Bertz CT molecular complexity index is 454. The van der Waals surface area contributed by atoms with Gasteiger partial charge in [0.1, 0.15) is 0 Å². The number of rotatable bonds is 2. The number of amides is 1. The Balaban J connectivity index is 1.74. The minimum Gasteiger partial charge on any atom is -0.348 e. The van der Waals surface area contributed by atoms with Crippen LogP contribution in [0.15, 0.2) is 24.3 Å². The van der Waals surface area contributed by atoms with Gasteiger partial charge in [-0.25, -0.2) is 0 Å². The van der Waals surface area contributed by atoms with Crippen molar-refractivity contribution in [3.05, 3.63) is 35.4 Å². The third kappa shape index (κ3) is 2.14. The molecule has 0 aromatic heterocycles. The highest BCUT2D eigenvalue weighted by atomic mass is 35.5. The van der Waals surface area contributed by atoms with Crippen LogP contribution < -0.4 is 5.32 Å². The molecule has 0 saturated heterocycles. The fraction of sp³-hybridized carbons (Fsp3) is 0.533. The number of alkyl halides is 1. The van der Waals surface area contributed by atoms with Crippen LogP contribution in [0.4, 0.5) is 0 Å². The largest absolute Gasteiger partial charge is 0.348 e. The summed E-state index contributed by atoms with van der Waals surface area (Å²) in [6.07, 6.45) is 5.29. The molecule has 1 aromatic rings. The van der Waals surface area contributed by atoms with E-state index in [1.807, 2.05) is 12.1 Å². The number of halogens is 1. The number of carbonyl (C=O) groups is 1. The van der Waals surface area contributed by atoms with Gasteiger partial charge in [-0.3, -0.25) is 4.79 Å². The summed E-state index contributed by atoms with van der Waals surface area (Å²) in [6.45, 7) is 0. The average Bonchev–Trinajstić information content (AvgIpc) is 2.98. The second kappa shape index (κ2) is 4.93. The van der Waals surface area contributed by atoms with Crippen LogP contribution in [0.2, 0.25) is 0 Å². The first-order valence-corrected chi connectivity index (χ1v) is 7.21. The van der Waals surface area contributed by atoms with Gasteiger partial charge in [0.05, 0.1) is 11.4 Å². The van der Waals surface area contributed by atoms with Crippen LogP contribution in [0, 0.1) is 5.92 Å². The van der Waals surface area contributed by atoms with Gasteiger partial charge < -0.3 is 5.32 Å². The summed E-state index contributed by atoms with van der Waals surface area (Å²) in [5.41, 5.74) is 2.47. The third-order valence-electron chi connectivity index (χ3n) is 4.19. The van der Waals surface area contributed by atoms with Gasteiger partial charge in [0, 0.05) is 5.92 Å². The maximum absolute atomic E-state index is 12.2. The zero-order valence-electron chi connectivity index (χ0n) is 10.4. The van der Waals surface area contributed by atoms with Crippen LogP contribution in [0.3, 0.4) is 0 Å². The molecule has 1 N–H and O–H groups in total. The summed E-state index contributed by atoms with van der Waals surface area (Å²) in [4.78, 5) is 12.2. The van der Waals surface area contributed by atoms with Crippen molar-refractivity contribution in [2.24, 2.45) is 5.92 Å². The van der Waals surface area contributed by atoms with Gasteiger partial charge in [-0.05, 0) is 30.4 Å². The van der Waals surface area contributed by atoms with Crippen LogP contribution in [0.25, 0.3) is 0 Å². The van der Waals surface area contributed by atoms with E-state index >= 15 is 0 Å². The second-order valence-electron chi connectivity index (χ2n) is 5.39. The summed E-state index contributed by atoms with van der Waals surface area (Å²) in [5.74, 6) is 0.404. The first-order chi connectivity index (χ1) is 8.75. The fourth-order valence-electron chi connectivity index (χ4n) is 3.17. The Labute approximate surface area is 113 Å². The molecule has 3 rings (SSSR count). The monoisotopic (exact) mass is 263 g/mol. The maximum Gasteiger partial charge on any atom is 0.223 e. The van der Waals surface area contributed by atoms with Crippen LogP contribution >= 0.6 is 11.6 Å². The van der Waals surface area contributed by atoms with Gasteiger partial charge in [-0.15, -0.1) is 11.6 Å². The molecule has 0 bridgehead atoms. The van der Waals surface area contributed by atoms with Crippen molar-refractivity contribution in [1.29, 1.82) is 0 Å². The zero-order chi connectivity index (χ0) is 12.5. The lowest BCUT2D eigenvalue weighted by Gasteiger charge is -2.20. The molecule has 0 aliphatic heterocycles. The summed E-state index contributed by atoms with van der Waals surface area (Å²) in [7, 11) is 0. The van der Waals surface area contributed by atoms with E-state index in [1.165, 1.54) is 24.0 Å². The number of benzene rings is 1. The second-order valence-corrected chi connectivity index (χ2v) is 5.95. The van der Waals surface area contributed by atoms with E-state index in [4.69, 9.17) is 11.6 Å². The number of fused-ring (bicyclic) bond motifs is 1. The third-order valence-corrected chi connectivity index (χ3v) is 4.60. The van der Waals surface area contributed by atoms with Crippen molar-refractivity contribution in [2.75, 3.05) is 0 Å². The van der Waals surface area contributed by atoms with Crippen molar-refractivity contribution in [3.63, 3.8) is 0 Å². The lowest BCUT2D eigenvalue weighted by atomic mass is 10.0. The van der Waals surface area contributed by atoms with Gasteiger partial charge >= 0.3 is 0 Å². The molecule has 1 saturated carbocycles. The van der Waals surface area contributed by atoms with Crippen LogP contribution in [-0.4, -0.2) is 11.3 Å².